The van der Waals surface area contributed by atoms with Gasteiger partial charge in [-0.1, -0.05) is 6.92 Å². The SMILES string of the molecule is CN(CC1(C)CCC(N)CC1)C(=O)OC(C)(C)C. The minimum Gasteiger partial charge on any atom is -0.444 e. The Hall–Kier alpha value is -0.770. The van der Waals surface area contributed by atoms with Gasteiger partial charge in [-0.3, -0.25) is 0 Å². The highest BCUT2D eigenvalue weighted by atomic mass is 16.6. The lowest BCUT2D eigenvalue weighted by molar-refractivity contribution is 0.0191. The number of carbonyl (C=O) groups excluding carboxylic acids is 1. The van der Waals surface area contributed by atoms with Crippen molar-refractivity contribution in [3.63, 3.8) is 0 Å². The van der Waals surface area contributed by atoms with Crippen LogP contribution in [0.1, 0.15) is 53.4 Å². The highest BCUT2D eigenvalue weighted by Crippen LogP contribution is 2.36. The molecule has 4 heteroatoms. The Morgan fingerprint density at radius 2 is 1.89 bits per heavy atom. The van der Waals surface area contributed by atoms with Gasteiger partial charge >= 0.3 is 6.09 Å². The number of rotatable bonds is 2. The average molecular weight is 256 g/mol. The molecule has 1 amide bonds. The Labute approximate surface area is 111 Å². The summed E-state index contributed by atoms with van der Waals surface area (Å²) in [5.41, 5.74) is 5.68. The van der Waals surface area contributed by atoms with Gasteiger partial charge in [0.15, 0.2) is 0 Å². The van der Waals surface area contributed by atoms with Crippen molar-refractivity contribution in [3.8, 4) is 0 Å². The van der Waals surface area contributed by atoms with Crippen molar-refractivity contribution < 1.29 is 9.53 Å². The molecule has 4 nitrogen and oxygen atoms in total. The maximum Gasteiger partial charge on any atom is 0.410 e. The van der Waals surface area contributed by atoms with Gasteiger partial charge in [0.05, 0.1) is 0 Å². The number of carbonyl (C=O) groups is 1. The Morgan fingerprint density at radius 1 is 1.39 bits per heavy atom. The molecular formula is C14H28N2O2. The van der Waals surface area contributed by atoms with E-state index in [-0.39, 0.29) is 11.5 Å². The van der Waals surface area contributed by atoms with Crippen LogP contribution >= 0.6 is 0 Å². The largest absolute Gasteiger partial charge is 0.444 e. The van der Waals surface area contributed by atoms with Crippen molar-refractivity contribution in [2.75, 3.05) is 13.6 Å². The van der Waals surface area contributed by atoms with Crippen molar-refractivity contribution in [2.45, 2.75) is 65.0 Å². The van der Waals surface area contributed by atoms with Crippen molar-refractivity contribution in [3.05, 3.63) is 0 Å². The molecule has 0 atom stereocenters. The van der Waals surface area contributed by atoms with Crippen LogP contribution in [-0.4, -0.2) is 36.2 Å². The topological polar surface area (TPSA) is 55.6 Å². The van der Waals surface area contributed by atoms with E-state index in [0.29, 0.717) is 6.04 Å². The fourth-order valence-electron chi connectivity index (χ4n) is 2.47. The lowest BCUT2D eigenvalue weighted by atomic mass is 9.74. The molecule has 1 saturated carbocycles. The molecule has 1 aliphatic rings. The first-order valence-corrected chi connectivity index (χ1v) is 6.81. The maximum absolute atomic E-state index is 11.9. The third-order valence-corrected chi connectivity index (χ3v) is 3.56. The standard InChI is InChI=1S/C14H28N2O2/c1-13(2,3)18-12(17)16(5)10-14(4)8-6-11(15)7-9-14/h11H,6-10,15H2,1-5H3. The molecule has 1 fully saturated rings. The van der Waals surface area contributed by atoms with Crippen molar-refractivity contribution in [1.29, 1.82) is 0 Å². The van der Waals surface area contributed by atoms with Crippen LogP contribution < -0.4 is 5.73 Å². The third kappa shape index (κ3) is 4.84. The summed E-state index contributed by atoms with van der Waals surface area (Å²) in [7, 11) is 1.81. The number of nitrogens with zero attached hydrogens (tertiary/aromatic N) is 1. The van der Waals surface area contributed by atoms with Crippen LogP contribution in [0.5, 0.6) is 0 Å². The van der Waals surface area contributed by atoms with E-state index in [4.69, 9.17) is 10.5 Å². The molecule has 1 rings (SSSR count). The fraction of sp³-hybridized carbons (Fsp3) is 0.929. The molecule has 0 saturated heterocycles. The summed E-state index contributed by atoms with van der Waals surface area (Å²) in [4.78, 5) is 13.6. The third-order valence-electron chi connectivity index (χ3n) is 3.56. The molecule has 106 valence electrons. The van der Waals surface area contributed by atoms with Gasteiger partial charge in [-0.15, -0.1) is 0 Å². The molecule has 0 aromatic heterocycles. The summed E-state index contributed by atoms with van der Waals surface area (Å²) in [5, 5.41) is 0. The maximum atomic E-state index is 11.9. The van der Waals surface area contributed by atoms with Gasteiger partial charge in [0.1, 0.15) is 5.60 Å². The molecule has 18 heavy (non-hydrogen) atoms. The summed E-state index contributed by atoms with van der Waals surface area (Å²) in [6.07, 6.45) is 4.04. The van der Waals surface area contributed by atoms with Gasteiger partial charge in [0.25, 0.3) is 0 Å². The van der Waals surface area contributed by atoms with Gasteiger partial charge in [0, 0.05) is 19.6 Å². The molecule has 0 bridgehead atoms. The summed E-state index contributed by atoms with van der Waals surface area (Å²) in [6, 6.07) is 0.338. The fourth-order valence-corrected chi connectivity index (χ4v) is 2.47. The first kappa shape index (κ1) is 15.3. The molecule has 0 aromatic rings. The van der Waals surface area contributed by atoms with E-state index in [1.54, 1.807) is 4.90 Å². The van der Waals surface area contributed by atoms with E-state index in [9.17, 15) is 4.79 Å². The monoisotopic (exact) mass is 256 g/mol. The van der Waals surface area contributed by atoms with Gasteiger partial charge < -0.3 is 15.4 Å². The molecule has 2 N–H and O–H groups in total. The lowest BCUT2D eigenvalue weighted by Crippen LogP contribution is -2.43. The summed E-state index contributed by atoms with van der Waals surface area (Å²) >= 11 is 0. The van der Waals surface area contributed by atoms with E-state index < -0.39 is 5.60 Å². The van der Waals surface area contributed by atoms with Crippen LogP contribution in [-0.2, 0) is 4.74 Å². The molecule has 0 heterocycles. The van der Waals surface area contributed by atoms with Gasteiger partial charge in [0.2, 0.25) is 0 Å². The predicted octanol–water partition coefficient (Wildman–Crippen LogP) is 2.76. The second-order valence-electron chi connectivity index (χ2n) is 6.98. The highest BCUT2D eigenvalue weighted by molar-refractivity contribution is 5.67. The Bertz CT molecular complexity index is 289. The zero-order valence-corrected chi connectivity index (χ0v) is 12.5. The van der Waals surface area contributed by atoms with Crippen molar-refractivity contribution >= 4 is 6.09 Å². The van der Waals surface area contributed by atoms with E-state index in [1.165, 1.54) is 0 Å². The number of nitrogens with two attached hydrogens (primary N) is 1. The number of hydrogen-bond acceptors (Lipinski definition) is 3. The van der Waals surface area contributed by atoms with Crippen LogP contribution in [0.4, 0.5) is 4.79 Å². The zero-order valence-electron chi connectivity index (χ0n) is 12.5. The predicted molar refractivity (Wildman–Crippen MR) is 73.4 cm³/mol. The van der Waals surface area contributed by atoms with E-state index in [1.807, 2.05) is 27.8 Å². The molecular weight excluding hydrogens is 228 g/mol. The number of ether oxygens (including phenoxy) is 1. The molecule has 0 aromatic carbocycles. The molecule has 0 aliphatic heterocycles. The van der Waals surface area contributed by atoms with Crippen molar-refractivity contribution in [2.24, 2.45) is 11.1 Å². The molecule has 1 aliphatic carbocycles. The van der Waals surface area contributed by atoms with Crippen LogP contribution in [0.15, 0.2) is 0 Å². The smallest absolute Gasteiger partial charge is 0.410 e. The average Bonchev–Trinajstić information content (AvgIpc) is 2.20. The minimum absolute atomic E-state index is 0.182. The Kier molecular flexibility index (Phi) is 4.65. The number of hydrogen-bond donors (Lipinski definition) is 1. The van der Waals surface area contributed by atoms with Crippen molar-refractivity contribution in [1.82, 2.24) is 4.90 Å². The van der Waals surface area contributed by atoms with Crippen LogP contribution in [0.3, 0.4) is 0 Å². The number of amides is 1. The minimum atomic E-state index is -0.429. The molecule has 0 radical (unpaired) electrons. The summed E-state index contributed by atoms with van der Waals surface area (Å²) < 4.78 is 5.37. The second kappa shape index (κ2) is 5.47. The lowest BCUT2D eigenvalue weighted by Gasteiger charge is -2.39. The summed E-state index contributed by atoms with van der Waals surface area (Å²) in [5.74, 6) is 0. The van der Waals surface area contributed by atoms with E-state index in [2.05, 4.69) is 6.92 Å². The van der Waals surface area contributed by atoms with Crippen LogP contribution in [0, 0.1) is 5.41 Å². The zero-order chi connectivity index (χ0) is 14.0. The van der Waals surface area contributed by atoms with Gasteiger partial charge in [-0.2, -0.15) is 0 Å². The second-order valence-corrected chi connectivity index (χ2v) is 6.98. The first-order chi connectivity index (χ1) is 8.11. The molecule has 0 unspecified atom stereocenters. The molecule has 0 spiro atoms. The Balaban J connectivity index is 2.48. The first-order valence-electron chi connectivity index (χ1n) is 6.81. The van der Waals surface area contributed by atoms with Crippen LogP contribution in [0.25, 0.3) is 0 Å². The van der Waals surface area contributed by atoms with E-state index in [0.717, 1.165) is 32.2 Å². The Morgan fingerprint density at radius 3 is 2.33 bits per heavy atom. The van der Waals surface area contributed by atoms with Gasteiger partial charge in [-0.05, 0) is 51.9 Å². The van der Waals surface area contributed by atoms with E-state index >= 15 is 0 Å². The summed E-state index contributed by atoms with van der Waals surface area (Å²) in [6.45, 7) is 8.65. The normalized spacial score (nSPS) is 28.9. The van der Waals surface area contributed by atoms with Gasteiger partial charge in [-0.25, -0.2) is 4.79 Å². The quantitative estimate of drug-likeness (QED) is 0.826. The van der Waals surface area contributed by atoms with Crippen LogP contribution in [0.2, 0.25) is 0 Å². The highest BCUT2D eigenvalue weighted by Gasteiger charge is 2.33.